The van der Waals surface area contributed by atoms with Crippen LogP contribution in [-0.2, 0) is 23.7 Å². The minimum atomic E-state index is -0.384. The van der Waals surface area contributed by atoms with Gasteiger partial charge in [0.05, 0.1) is 25.9 Å². The van der Waals surface area contributed by atoms with Crippen LogP contribution in [0.1, 0.15) is 23.2 Å². The maximum Gasteiger partial charge on any atom is 0.337 e. The number of likely N-dealkylation sites (tertiary alicyclic amines) is 1. The van der Waals surface area contributed by atoms with Crippen molar-refractivity contribution in [2.24, 2.45) is 5.92 Å². The fraction of sp³-hybridized carbons (Fsp3) is 0.619. The van der Waals surface area contributed by atoms with Gasteiger partial charge in [-0.3, -0.25) is 4.79 Å². The summed E-state index contributed by atoms with van der Waals surface area (Å²) in [7, 11) is 1.35. The molecule has 4 rings (SSSR count). The Hall–Kier alpha value is -2.16. The van der Waals surface area contributed by atoms with E-state index in [1.807, 2.05) is 4.90 Å². The number of hydrogen-bond donors (Lipinski definition) is 0. The maximum atomic E-state index is 12.7. The summed E-state index contributed by atoms with van der Waals surface area (Å²) in [4.78, 5) is 26.1. The molecule has 0 saturated carbocycles. The van der Waals surface area contributed by atoms with Crippen molar-refractivity contribution >= 4 is 11.9 Å². The molecule has 2 atom stereocenters. The Balaban J connectivity index is 1.28. The second-order valence-corrected chi connectivity index (χ2v) is 7.63. The van der Waals surface area contributed by atoms with E-state index in [9.17, 15) is 9.59 Å². The van der Waals surface area contributed by atoms with Crippen LogP contribution in [0.25, 0.3) is 0 Å². The first-order valence-corrected chi connectivity index (χ1v) is 10.1. The van der Waals surface area contributed by atoms with Crippen molar-refractivity contribution in [1.82, 2.24) is 4.90 Å². The number of methoxy groups -OCH3 is 1. The number of carbonyl (C=O) groups excluding carboxylic acids is 2. The first-order chi connectivity index (χ1) is 14.1. The smallest absolute Gasteiger partial charge is 0.337 e. The largest absolute Gasteiger partial charge is 0.486 e. The van der Waals surface area contributed by atoms with Gasteiger partial charge in [0.1, 0.15) is 24.1 Å². The second-order valence-electron chi connectivity index (χ2n) is 7.63. The van der Waals surface area contributed by atoms with Gasteiger partial charge in [0.2, 0.25) is 5.91 Å². The highest BCUT2D eigenvalue weighted by Gasteiger charge is 2.41. The lowest BCUT2D eigenvalue weighted by molar-refractivity contribution is -0.138. The molecule has 0 radical (unpaired) electrons. The van der Waals surface area contributed by atoms with E-state index in [1.165, 1.54) is 7.11 Å². The second kappa shape index (κ2) is 9.11. The highest BCUT2D eigenvalue weighted by Crippen LogP contribution is 2.26. The molecule has 0 unspecified atom stereocenters. The first kappa shape index (κ1) is 20.1. The van der Waals surface area contributed by atoms with Crippen LogP contribution in [0, 0.1) is 5.92 Å². The van der Waals surface area contributed by atoms with E-state index in [0.717, 1.165) is 12.8 Å². The molecule has 29 heavy (non-hydrogen) atoms. The van der Waals surface area contributed by atoms with E-state index < -0.39 is 0 Å². The monoisotopic (exact) mass is 405 g/mol. The Kier molecular flexibility index (Phi) is 6.32. The van der Waals surface area contributed by atoms with Gasteiger partial charge in [0.15, 0.2) is 0 Å². The van der Waals surface area contributed by atoms with Gasteiger partial charge in [0, 0.05) is 32.2 Å². The summed E-state index contributed by atoms with van der Waals surface area (Å²) in [5.41, 5.74) is 0.469. The lowest BCUT2D eigenvalue weighted by atomic mass is 9.99. The third kappa shape index (κ3) is 4.71. The number of esters is 1. The number of hydrogen-bond acceptors (Lipinski definition) is 7. The van der Waals surface area contributed by atoms with Crippen LogP contribution < -0.4 is 4.74 Å². The zero-order valence-corrected chi connectivity index (χ0v) is 16.6. The number of carbonyl (C=O) groups is 2. The summed E-state index contributed by atoms with van der Waals surface area (Å²) in [5, 5.41) is 0. The van der Waals surface area contributed by atoms with Crippen LogP contribution in [0.15, 0.2) is 24.3 Å². The minimum absolute atomic E-state index is 0.0510. The molecule has 1 amide bonds. The zero-order valence-electron chi connectivity index (χ0n) is 16.6. The third-order valence-electron chi connectivity index (χ3n) is 5.67. The molecular formula is C21H27NO7. The Morgan fingerprint density at radius 3 is 2.21 bits per heavy atom. The van der Waals surface area contributed by atoms with Crippen LogP contribution in [-0.4, -0.2) is 81.7 Å². The molecule has 0 aromatic heterocycles. The number of fused-ring (bicyclic) bond motifs is 1. The van der Waals surface area contributed by atoms with Crippen LogP contribution >= 0.6 is 0 Å². The van der Waals surface area contributed by atoms with E-state index in [-0.39, 0.29) is 36.1 Å². The van der Waals surface area contributed by atoms with E-state index in [2.05, 4.69) is 0 Å². The predicted octanol–water partition coefficient (Wildman–Crippen LogP) is 1.27. The minimum Gasteiger partial charge on any atom is -0.486 e. The molecule has 3 aliphatic heterocycles. The van der Waals surface area contributed by atoms with Crippen molar-refractivity contribution in [3.63, 3.8) is 0 Å². The average Bonchev–Trinajstić information content (AvgIpc) is 3.09. The molecule has 3 fully saturated rings. The molecule has 3 aliphatic rings. The van der Waals surface area contributed by atoms with Crippen molar-refractivity contribution in [3.05, 3.63) is 29.8 Å². The number of benzene rings is 1. The number of rotatable bonds is 4. The Bertz CT molecular complexity index is 700. The van der Waals surface area contributed by atoms with Gasteiger partial charge in [-0.15, -0.1) is 0 Å². The van der Waals surface area contributed by atoms with Gasteiger partial charge in [-0.05, 0) is 37.1 Å². The van der Waals surface area contributed by atoms with Gasteiger partial charge in [-0.25, -0.2) is 4.79 Å². The molecule has 3 saturated heterocycles. The Labute approximate surface area is 170 Å². The number of amides is 1. The van der Waals surface area contributed by atoms with Crippen LogP contribution in [0.5, 0.6) is 5.75 Å². The summed E-state index contributed by atoms with van der Waals surface area (Å²) in [6, 6.07) is 6.78. The summed E-state index contributed by atoms with van der Waals surface area (Å²) in [6.45, 7) is 3.20. The van der Waals surface area contributed by atoms with E-state index >= 15 is 0 Å². The van der Waals surface area contributed by atoms with Crippen molar-refractivity contribution in [1.29, 1.82) is 0 Å². The summed E-state index contributed by atoms with van der Waals surface area (Å²) >= 11 is 0. The standard InChI is InChI=1S/C21H27NO7/c1-25-21(24)15-2-4-16(5-3-15)29-17-12-27-18-10-22(11-19(18)28-13-17)20(23)14-6-8-26-9-7-14/h2-5,14,17-19H,6-13H2,1H3/t18-,19-/m0/s1. The van der Waals surface area contributed by atoms with E-state index in [0.29, 0.717) is 50.8 Å². The number of nitrogens with zero attached hydrogens (tertiary/aromatic N) is 1. The quantitative estimate of drug-likeness (QED) is 0.698. The van der Waals surface area contributed by atoms with E-state index in [4.69, 9.17) is 23.7 Å². The molecule has 3 heterocycles. The summed E-state index contributed by atoms with van der Waals surface area (Å²) < 4.78 is 28.0. The van der Waals surface area contributed by atoms with Gasteiger partial charge < -0.3 is 28.6 Å². The van der Waals surface area contributed by atoms with Crippen LogP contribution in [0.3, 0.4) is 0 Å². The van der Waals surface area contributed by atoms with Crippen molar-refractivity contribution in [3.8, 4) is 5.75 Å². The SMILES string of the molecule is COC(=O)c1ccc(OC2CO[C@H]3CN(C(=O)C4CCOCC4)C[C@@H]3OC2)cc1. The highest BCUT2D eigenvalue weighted by atomic mass is 16.6. The molecule has 1 aromatic carbocycles. The van der Waals surface area contributed by atoms with Gasteiger partial charge in [0.25, 0.3) is 0 Å². The van der Waals surface area contributed by atoms with Crippen molar-refractivity contribution in [2.75, 3.05) is 46.6 Å². The van der Waals surface area contributed by atoms with Crippen LogP contribution in [0.2, 0.25) is 0 Å². The third-order valence-corrected chi connectivity index (χ3v) is 5.67. The van der Waals surface area contributed by atoms with Gasteiger partial charge in [-0.2, -0.15) is 0 Å². The van der Waals surface area contributed by atoms with Crippen LogP contribution in [0.4, 0.5) is 0 Å². The summed E-state index contributed by atoms with van der Waals surface area (Å²) in [6.07, 6.45) is 1.07. The lowest BCUT2D eigenvalue weighted by Crippen LogP contribution is -2.38. The molecule has 0 aliphatic carbocycles. The van der Waals surface area contributed by atoms with E-state index in [1.54, 1.807) is 24.3 Å². The normalized spacial score (nSPS) is 25.9. The molecule has 1 aromatic rings. The van der Waals surface area contributed by atoms with Gasteiger partial charge >= 0.3 is 5.97 Å². The topological polar surface area (TPSA) is 83.5 Å². The van der Waals surface area contributed by atoms with Gasteiger partial charge in [-0.1, -0.05) is 0 Å². The predicted molar refractivity (Wildman–Crippen MR) is 102 cm³/mol. The molecular weight excluding hydrogens is 378 g/mol. The fourth-order valence-electron chi connectivity index (χ4n) is 4.00. The Morgan fingerprint density at radius 2 is 1.62 bits per heavy atom. The fourth-order valence-corrected chi connectivity index (χ4v) is 4.00. The molecule has 8 nitrogen and oxygen atoms in total. The number of ether oxygens (including phenoxy) is 5. The maximum absolute atomic E-state index is 12.7. The lowest BCUT2D eigenvalue weighted by Gasteiger charge is -2.26. The molecule has 0 spiro atoms. The highest BCUT2D eigenvalue weighted by molar-refractivity contribution is 5.89. The molecule has 0 bridgehead atoms. The molecule has 8 heteroatoms. The van der Waals surface area contributed by atoms with Crippen molar-refractivity contribution in [2.45, 2.75) is 31.2 Å². The van der Waals surface area contributed by atoms with Crippen molar-refractivity contribution < 1.29 is 33.3 Å². The zero-order chi connectivity index (χ0) is 20.2. The Morgan fingerprint density at radius 1 is 1.00 bits per heavy atom. The molecule has 158 valence electrons. The first-order valence-electron chi connectivity index (χ1n) is 10.1. The average molecular weight is 405 g/mol. The summed E-state index contributed by atoms with van der Waals surface area (Å²) in [5.74, 6) is 0.491. The molecule has 0 N–H and O–H groups in total.